The molecular weight excluding hydrogens is 466 g/mol. The van der Waals surface area contributed by atoms with Crippen molar-refractivity contribution in [2.24, 2.45) is 5.92 Å². The summed E-state index contributed by atoms with van der Waals surface area (Å²) in [7, 11) is -2.20. The Balaban J connectivity index is 1.46. The standard InChI is InChI=1S/C26H33N3O5S/c1-34-21-12-14-22(15-13-21)35(32,33)29-18-8-9-20(19-29)25(30)27-24-11-5-4-10-23(24)26(31)28-16-6-2-3-7-17-28/h4-5,10-15,20H,2-3,6-9,16-19H2,1H3,(H,27,30)/t20-/m0/s1. The van der Waals surface area contributed by atoms with Crippen LogP contribution in [0, 0.1) is 5.92 Å². The fraction of sp³-hybridized carbons (Fsp3) is 0.462. The minimum atomic E-state index is -3.73. The Morgan fingerprint density at radius 1 is 0.914 bits per heavy atom. The van der Waals surface area contributed by atoms with Gasteiger partial charge in [0.05, 0.1) is 29.2 Å². The van der Waals surface area contributed by atoms with Crippen LogP contribution in [0.5, 0.6) is 5.75 Å². The maximum atomic E-state index is 13.2. The molecule has 0 radical (unpaired) electrons. The molecule has 1 atom stereocenters. The van der Waals surface area contributed by atoms with E-state index in [1.165, 1.54) is 23.5 Å². The molecule has 2 aromatic rings. The zero-order chi connectivity index (χ0) is 24.8. The van der Waals surface area contributed by atoms with Crippen LogP contribution in [-0.4, -0.2) is 62.7 Å². The van der Waals surface area contributed by atoms with E-state index < -0.39 is 15.9 Å². The van der Waals surface area contributed by atoms with Gasteiger partial charge in [-0.15, -0.1) is 0 Å². The van der Waals surface area contributed by atoms with Crippen LogP contribution in [-0.2, 0) is 14.8 Å². The van der Waals surface area contributed by atoms with Crippen molar-refractivity contribution in [3.8, 4) is 5.75 Å². The fourth-order valence-corrected chi connectivity index (χ4v) is 6.25. The maximum absolute atomic E-state index is 13.2. The lowest BCUT2D eigenvalue weighted by Crippen LogP contribution is -2.43. The lowest BCUT2D eigenvalue weighted by molar-refractivity contribution is -0.120. The van der Waals surface area contributed by atoms with Gasteiger partial charge in [0.15, 0.2) is 0 Å². The summed E-state index contributed by atoms with van der Waals surface area (Å²) < 4.78 is 32.8. The SMILES string of the molecule is COc1ccc(S(=O)(=O)N2CCC[C@H](C(=O)Nc3ccccc3C(=O)N3CCCCCC3)C2)cc1. The molecule has 0 spiro atoms. The van der Waals surface area contributed by atoms with Crippen molar-refractivity contribution in [1.82, 2.24) is 9.21 Å². The van der Waals surface area contributed by atoms with Gasteiger partial charge in [-0.1, -0.05) is 25.0 Å². The van der Waals surface area contributed by atoms with Gasteiger partial charge in [-0.05, 0) is 62.1 Å². The zero-order valence-electron chi connectivity index (χ0n) is 20.1. The molecule has 0 unspecified atom stereocenters. The first-order chi connectivity index (χ1) is 16.9. The Bertz CT molecular complexity index is 1140. The summed E-state index contributed by atoms with van der Waals surface area (Å²) in [4.78, 5) is 28.4. The quantitative estimate of drug-likeness (QED) is 0.653. The van der Waals surface area contributed by atoms with Crippen LogP contribution in [0.2, 0.25) is 0 Å². The van der Waals surface area contributed by atoms with E-state index in [4.69, 9.17) is 4.74 Å². The molecule has 188 valence electrons. The number of carbonyl (C=O) groups is 2. The van der Waals surface area contributed by atoms with Crippen molar-refractivity contribution >= 4 is 27.5 Å². The van der Waals surface area contributed by atoms with Crippen molar-refractivity contribution in [2.75, 3.05) is 38.6 Å². The smallest absolute Gasteiger partial charge is 0.255 e. The zero-order valence-corrected chi connectivity index (χ0v) is 20.9. The number of piperidine rings is 1. The predicted molar refractivity (Wildman–Crippen MR) is 134 cm³/mol. The molecule has 0 bridgehead atoms. The average Bonchev–Trinajstić information content (AvgIpc) is 3.18. The third-order valence-corrected chi connectivity index (χ3v) is 8.64. The number of methoxy groups -OCH3 is 1. The molecule has 0 aromatic heterocycles. The molecule has 8 nitrogen and oxygen atoms in total. The number of nitrogens with one attached hydrogen (secondary N) is 1. The van der Waals surface area contributed by atoms with E-state index in [-0.39, 0.29) is 23.3 Å². The number of rotatable bonds is 6. The predicted octanol–water partition coefficient (Wildman–Crippen LogP) is 3.75. The highest BCUT2D eigenvalue weighted by Gasteiger charge is 2.34. The van der Waals surface area contributed by atoms with Gasteiger partial charge in [-0.3, -0.25) is 9.59 Å². The third kappa shape index (κ3) is 5.85. The van der Waals surface area contributed by atoms with Crippen LogP contribution < -0.4 is 10.1 Å². The lowest BCUT2D eigenvalue weighted by Gasteiger charge is -2.31. The molecule has 2 amide bonds. The number of nitrogens with zero attached hydrogens (tertiary/aromatic N) is 2. The first-order valence-corrected chi connectivity index (χ1v) is 13.7. The van der Waals surface area contributed by atoms with Crippen LogP contribution >= 0.6 is 0 Å². The fourth-order valence-electron chi connectivity index (χ4n) is 4.73. The molecule has 2 saturated heterocycles. The van der Waals surface area contributed by atoms with Crippen LogP contribution in [0.15, 0.2) is 53.4 Å². The van der Waals surface area contributed by atoms with E-state index in [1.807, 2.05) is 4.90 Å². The molecule has 0 aliphatic carbocycles. The lowest BCUT2D eigenvalue weighted by atomic mass is 9.98. The number of amides is 2. The van der Waals surface area contributed by atoms with Crippen molar-refractivity contribution in [3.05, 3.63) is 54.1 Å². The number of hydrogen-bond donors (Lipinski definition) is 1. The van der Waals surface area contributed by atoms with Gasteiger partial charge >= 0.3 is 0 Å². The molecule has 2 heterocycles. The summed E-state index contributed by atoms with van der Waals surface area (Å²) in [5.74, 6) is -0.266. The molecule has 9 heteroatoms. The second kappa shape index (κ2) is 11.2. The summed E-state index contributed by atoms with van der Waals surface area (Å²) in [6, 6.07) is 13.3. The number of hydrogen-bond acceptors (Lipinski definition) is 5. The largest absolute Gasteiger partial charge is 0.497 e. The van der Waals surface area contributed by atoms with Crippen molar-refractivity contribution in [2.45, 2.75) is 43.4 Å². The number of benzene rings is 2. The van der Waals surface area contributed by atoms with Crippen LogP contribution in [0.4, 0.5) is 5.69 Å². The number of carbonyl (C=O) groups excluding carboxylic acids is 2. The summed E-state index contributed by atoms with van der Waals surface area (Å²) in [5, 5.41) is 2.92. The number of para-hydroxylation sites is 1. The Labute approximate surface area is 207 Å². The van der Waals surface area contributed by atoms with Crippen LogP contribution in [0.3, 0.4) is 0 Å². The van der Waals surface area contributed by atoms with Gasteiger partial charge < -0.3 is 15.0 Å². The van der Waals surface area contributed by atoms with Gasteiger partial charge in [-0.2, -0.15) is 4.31 Å². The van der Waals surface area contributed by atoms with Gasteiger partial charge in [0, 0.05) is 26.2 Å². The van der Waals surface area contributed by atoms with Gasteiger partial charge in [0.25, 0.3) is 5.91 Å². The van der Waals surface area contributed by atoms with Crippen molar-refractivity contribution in [3.63, 3.8) is 0 Å². The number of likely N-dealkylation sites (tertiary alicyclic amines) is 1. The van der Waals surface area contributed by atoms with E-state index >= 15 is 0 Å². The number of ether oxygens (including phenoxy) is 1. The second-order valence-electron chi connectivity index (χ2n) is 9.12. The Hall–Kier alpha value is -2.91. The Morgan fingerprint density at radius 3 is 2.29 bits per heavy atom. The monoisotopic (exact) mass is 499 g/mol. The van der Waals surface area contributed by atoms with E-state index in [9.17, 15) is 18.0 Å². The minimum absolute atomic E-state index is 0.0739. The molecule has 2 aliphatic heterocycles. The molecule has 2 fully saturated rings. The number of sulfonamides is 1. The molecule has 2 aromatic carbocycles. The van der Waals surface area contributed by atoms with Crippen molar-refractivity contribution < 1.29 is 22.7 Å². The Kier molecular flexibility index (Phi) is 8.07. The maximum Gasteiger partial charge on any atom is 0.255 e. The van der Waals surface area contributed by atoms with Gasteiger partial charge in [0.2, 0.25) is 15.9 Å². The molecule has 35 heavy (non-hydrogen) atoms. The summed E-state index contributed by atoms with van der Waals surface area (Å²) >= 11 is 0. The highest BCUT2D eigenvalue weighted by molar-refractivity contribution is 7.89. The van der Waals surface area contributed by atoms with Crippen LogP contribution in [0.25, 0.3) is 0 Å². The third-order valence-electron chi connectivity index (χ3n) is 6.76. The van der Waals surface area contributed by atoms with E-state index in [2.05, 4.69) is 5.32 Å². The number of anilines is 1. The first-order valence-electron chi connectivity index (χ1n) is 12.2. The summed E-state index contributed by atoms with van der Waals surface area (Å²) in [5.41, 5.74) is 0.947. The molecule has 0 saturated carbocycles. The highest BCUT2D eigenvalue weighted by atomic mass is 32.2. The van der Waals surface area contributed by atoms with Gasteiger partial charge in [0.1, 0.15) is 5.75 Å². The average molecular weight is 500 g/mol. The first kappa shape index (κ1) is 25.2. The van der Waals surface area contributed by atoms with E-state index in [0.29, 0.717) is 36.4 Å². The normalized spacial score (nSPS) is 19.6. The Morgan fingerprint density at radius 2 is 1.60 bits per heavy atom. The molecule has 2 aliphatic rings. The molecule has 4 rings (SSSR count). The topological polar surface area (TPSA) is 96.0 Å². The summed E-state index contributed by atoms with van der Waals surface area (Å²) in [6.07, 6.45) is 5.39. The van der Waals surface area contributed by atoms with Crippen molar-refractivity contribution in [1.29, 1.82) is 0 Å². The molecule has 1 N–H and O–H groups in total. The second-order valence-corrected chi connectivity index (χ2v) is 11.1. The highest BCUT2D eigenvalue weighted by Crippen LogP contribution is 2.27. The van der Waals surface area contributed by atoms with E-state index in [1.54, 1.807) is 36.4 Å². The minimum Gasteiger partial charge on any atom is -0.497 e. The van der Waals surface area contributed by atoms with Gasteiger partial charge in [-0.25, -0.2) is 8.42 Å². The van der Waals surface area contributed by atoms with E-state index in [0.717, 1.165) is 38.8 Å². The van der Waals surface area contributed by atoms with Crippen LogP contribution in [0.1, 0.15) is 48.9 Å². The molecular formula is C26H33N3O5S. The summed E-state index contributed by atoms with van der Waals surface area (Å²) in [6.45, 7) is 1.91.